The van der Waals surface area contributed by atoms with Crippen molar-refractivity contribution < 1.29 is 9.18 Å². The Bertz CT molecular complexity index is 572. The molecule has 0 fully saturated rings. The summed E-state index contributed by atoms with van der Waals surface area (Å²) in [7, 11) is 0. The summed E-state index contributed by atoms with van der Waals surface area (Å²) in [5, 5.41) is 4.64. The van der Waals surface area contributed by atoms with E-state index in [1.807, 2.05) is 18.4 Å². The molecule has 2 aromatic rings. The number of nitrogens with one attached hydrogen (secondary N) is 1. The Kier molecular flexibility index (Phi) is 3.89. The first-order chi connectivity index (χ1) is 8.65. The first-order valence-corrected chi connectivity index (χ1v) is 6.32. The Morgan fingerprint density at radius 3 is 2.61 bits per heavy atom. The number of aryl methyl sites for hydroxylation is 1. The average Bonchev–Trinajstić information content (AvgIpc) is 2.75. The van der Waals surface area contributed by atoms with Gasteiger partial charge < -0.3 is 5.32 Å². The van der Waals surface area contributed by atoms with Crippen LogP contribution in [0, 0.1) is 12.7 Å². The maximum absolute atomic E-state index is 12.7. The molecular formula is C14H12FNOS. The van der Waals surface area contributed by atoms with Crippen molar-refractivity contribution in [1.29, 1.82) is 0 Å². The highest BCUT2D eigenvalue weighted by Gasteiger charge is 1.99. The Hall–Kier alpha value is -1.94. The van der Waals surface area contributed by atoms with Gasteiger partial charge in [-0.3, -0.25) is 4.79 Å². The van der Waals surface area contributed by atoms with Gasteiger partial charge >= 0.3 is 0 Å². The standard InChI is InChI=1S/C14H12FNOS/c1-10-8-9-18-13(10)6-7-14(17)16-12-4-2-11(15)3-5-12/h2-9H,1H3,(H,16,17)/b7-6+. The van der Waals surface area contributed by atoms with Gasteiger partial charge in [0.15, 0.2) is 0 Å². The van der Waals surface area contributed by atoms with Crippen molar-refractivity contribution in [3.63, 3.8) is 0 Å². The van der Waals surface area contributed by atoms with Gasteiger partial charge in [0.05, 0.1) is 0 Å². The number of carbonyl (C=O) groups is 1. The second-order valence-corrected chi connectivity index (χ2v) is 4.75. The zero-order chi connectivity index (χ0) is 13.0. The van der Waals surface area contributed by atoms with Crippen LogP contribution in [0.5, 0.6) is 0 Å². The van der Waals surface area contributed by atoms with E-state index in [-0.39, 0.29) is 11.7 Å². The predicted octanol–water partition coefficient (Wildman–Crippen LogP) is 3.85. The van der Waals surface area contributed by atoms with Gasteiger partial charge in [0, 0.05) is 16.6 Å². The Labute approximate surface area is 109 Å². The molecule has 92 valence electrons. The zero-order valence-electron chi connectivity index (χ0n) is 9.81. The fourth-order valence-corrected chi connectivity index (χ4v) is 2.24. The molecule has 2 nitrogen and oxygen atoms in total. The molecule has 0 aliphatic heterocycles. The highest BCUT2D eigenvalue weighted by Crippen LogP contribution is 2.17. The van der Waals surface area contributed by atoms with Crippen molar-refractivity contribution in [2.24, 2.45) is 0 Å². The molecule has 1 heterocycles. The largest absolute Gasteiger partial charge is 0.323 e. The average molecular weight is 261 g/mol. The molecule has 1 aromatic heterocycles. The fourth-order valence-electron chi connectivity index (χ4n) is 1.42. The number of rotatable bonds is 3. The van der Waals surface area contributed by atoms with E-state index in [0.717, 1.165) is 10.4 Å². The lowest BCUT2D eigenvalue weighted by Gasteiger charge is -2.01. The Morgan fingerprint density at radius 1 is 1.28 bits per heavy atom. The molecule has 1 N–H and O–H groups in total. The van der Waals surface area contributed by atoms with Crippen molar-refractivity contribution in [2.45, 2.75) is 6.92 Å². The van der Waals surface area contributed by atoms with Gasteiger partial charge in [-0.15, -0.1) is 11.3 Å². The molecule has 4 heteroatoms. The molecule has 0 aliphatic carbocycles. The number of halogens is 1. The summed E-state index contributed by atoms with van der Waals surface area (Å²) in [5.74, 6) is -0.549. The quantitative estimate of drug-likeness (QED) is 0.835. The zero-order valence-corrected chi connectivity index (χ0v) is 10.6. The number of benzene rings is 1. The molecular weight excluding hydrogens is 249 g/mol. The minimum absolute atomic E-state index is 0.227. The molecule has 0 bridgehead atoms. The van der Waals surface area contributed by atoms with Crippen molar-refractivity contribution in [3.8, 4) is 0 Å². The van der Waals surface area contributed by atoms with Crippen LogP contribution in [-0.2, 0) is 4.79 Å². The van der Waals surface area contributed by atoms with Crippen molar-refractivity contribution in [3.05, 3.63) is 58.0 Å². The number of carbonyl (C=O) groups excluding carboxylic acids is 1. The van der Waals surface area contributed by atoms with Crippen LogP contribution in [0.1, 0.15) is 10.4 Å². The van der Waals surface area contributed by atoms with Crippen molar-refractivity contribution >= 4 is 29.0 Å². The highest BCUT2D eigenvalue weighted by molar-refractivity contribution is 7.11. The van der Waals surface area contributed by atoms with Gasteiger partial charge in [0.2, 0.25) is 5.91 Å². The first-order valence-electron chi connectivity index (χ1n) is 5.44. The van der Waals surface area contributed by atoms with Crippen LogP contribution >= 0.6 is 11.3 Å². The minimum Gasteiger partial charge on any atom is -0.323 e. The summed E-state index contributed by atoms with van der Waals surface area (Å²) < 4.78 is 12.7. The topological polar surface area (TPSA) is 29.1 Å². The van der Waals surface area contributed by atoms with Crippen LogP contribution in [0.25, 0.3) is 6.08 Å². The van der Waals surface area contributed by atoms with E-state index in [2.05, 4.69) is 5.32 Å². The Balaban J connectivity index is 1.99. The smallest absolute Gasteiger partial charge is 0.248 e. The van der Waals surface area contributed by atoms with Crippen LogP contribution in [-0.4, -0.2) is 5.91 Å². The highest BCUT2D eigenvalue weighted by atomic mass is 32.1. The monoisotopic (exact) mass is 261 g/mol. The molecule has 0 unspecified atom stereocenters. The second kappa shape index (κ2) is 5.60. The predicted molar refractivity (Wildman–Crippen MR) is 73.1 cm³/mol. The summed E-state index contributed by atoms with van der Waals surface area (Å²) in [6, 6.07) is 7.67. The molecule has 0 saturated carbocycles. The number of hydrogen-bond donors (Lipinski definition) is 1. The number of anilines is 1. The van der Waals surface area contributed by atoms with E-state index >= 15 is 0 Å². The van der Waals surface area contributed by atoms with Crippen LogP contribution in [0.4, 0.5) is 10.1 Å². The van der Waals surface area contributed by atoms with E-state index in [1.54, 1.807) is 17.4 Å². The molecule has 0 spiro atoms. The molecule has 1 amide bonds. The Morgan fingerprint density at radius 2 is 2.00 bits per heavy atom. The molecule has 0 atom stereocenters. The van der Waals surface area contributed by atoms with Crippen LogP contribution in [0.2, 0.25) is 0 Å². The van der Waals surface area contributed by atoms with Gasteiger partial charge in [-0.1, -0.05) is 0 Å². The third kappa shape index (κ3) is 3.28. The van der Waals surface area contributed by atoms with E-state index in [0.29, 0.717) is 5.69 Å². The molecule has 1 aromatic carbocycles. The third-order valence-corrected chi connectivity index (χ3v) is 3.38. The summed E-state index contributed by atoms with van der Waals surface area (Å²) in [6.07, 6.45) is 3.25. The molecule has 0 aliphatic rings. The van der Waals surface area contributed by atoms with E-state index in [9.17, 15) is 9.18 Å². The maximum atomic E-state index is 12.7. The second-order valence-electron chi connectivity index (χ2n) is 3.80. The number of hydrogen-bond acceptors (Lipinski definition) is 2. The van der Waals surface area contributed by atoms with Gasteiger partial charge in [0.1, 0.15) is 5.82 Å². The third-order valence-electron chi connectivity index (χ3n) is 2.40. The van der Waals surface area contributed by atoms with Crippen LogP contribution in [0.3, 0.4) is 0 Å². The summed E-state index contributed by atoms with van der Waals surface area (Å²) in [4.78, 5) is 12.7. The lowest BCUT2D eigenvalue weighted by molar-refractivity contribution is -0.111. The molecule has 18 heavy (non-hydrogen) atoms. The number of amides is 1. The minimum atomic E-state index is -0.322. The fraction of sp³-hybridized carbons (Fsp3) is 0.0714. The van der Waals surface area contributed by atoms with Gasteiger partial charge in [-0.2, -0.15) is 0 Å². The van der Waals surface area contributed by atoms with Crippen LogP contribution in [0.15, 0.2) is 41.8 Å². The van der Waals surface area contributed by atoms with E-state index in [1.165, 1.54) is 30.3 Å². The van der Waals surface area contributed by atoms with Gasteiger partial charge in [-0.25, -0.2) is 4.39 Å². The van der Waals surface area contributed by atoms with Gasteiger partial charge in [0.25, 0.3) is 0 Å². The molecule has 2 rings (SSSR count). The number of thiophene rings is 1. The summed E-state index contributed by atoms with van der Waals surface area (Å²) in [5.41, 5.74) is 1.72. The normalized spacial score (nSPS) is 10.8. The van der Waals surface area contributed by atoms with E-state index < -0.39 is 0 Å². The SMILES string of the molecule is Cc1ccsc1/C=C/C(=O)Nc1ccc(F)cc1. The maximum Gasteiger partial charge on any atom is 0.248 e. The molecule has 0 radical (unpaired) electrons. The summed E-state index contributed by atoms with van der Waals surface area (Å²) in [6.45, 7) is 1.99. The molecule has 0 saturated heterocycles. The summed E-state index contributed by atoms with van der Waals surface area (Å²) >= 11 is 1.58. The van der Waals surface area contributed by atoms with E-state index in [4.69, 9.17) is 0 Å². The first kappa shape index (κ1) is 12.5. The van der Waals surface area contributed by atoms with Crippen LogP contribution < -0.4 is 5.32 Å². The van der Waals surface area contributed by atoms with Crippen molar-refractivity contribution in [2.75, 3.05) is 5.32 Å². The lowest BCUT2D eigenvalue weighted by atomic mass is 10.2. The van der Waals surface area contributed by atoms with Gasteiger partial charge in [-0.05, 0) is 54.3 Å². The lowest BCUT2D eigenvalue weighted by Crippen LogP contribution is -2.07. The van der Waals surface area contributed by atoms with Crippen molar-refractivity contribution in [1.82, 2.24) is 0 Å².